The van der Waals surface area contributed by atoms with Gasteiger partial charge in [0.05, 0.1) is 12.0 Å². The lowest BCUT2D eigenvalue weighted by molar-refractivity contribution is -0.387. The summed E-state index contributed by atoms with van der Waals surface area (Å²) in [4.78, 5) is 12.3. The Morgan fingerprint density at radius 1 is 1.21 bits per heavy atom. The number of nitro groups is 1. The van der Waals surface area contributed by atoms with Crippen molar-refractivity contribution < 1.29 is 18.1 Å². The van der Waals surface area contributed by atoms with Gasteiger partial charge in [-0.05, 0) is 55.8 Å². The highest BCUT2D eigenvalue weighted by atomic mass is 35.5. The van der Waals surface area contributed by atoms with Crippen LogP contribution in [0.25, 0.3) is 0 Å². The fraction of sp³-hybridized carbons (Fsp3) is 0.368. The molecule has 3 rings (SSSR count). The van der Waals surface area contributed by atoms with Crippen LogP contribution in [-0.4, -0.2) is 45.0 Å². The molecule has 0 saturated carbocycles. The molecular weight excluding hydrogens is 418 g/mol. The summed E-state index contributed by atoms with van der Waals surface area (Å²) in [5, 5.41) is 11.4. The minimum atomic E-state index is -4.10. The van der Waals surface area contributed by atoms with Gasteiger partial charge < -0.3 is 4.74 Å². The molecular formula is C19H22ClN3O5S. The van der Waals surface area contributed by atoms with Crippen molar-refractivity contribution in [3.63, 3.8) is 0 Å². The Bertz CT molecular complexity index is 976. The van der Waals surface area contributed by atoms with E-state index in [1.807, 2.05) is 24.3 Å². The maximum atomic E-state index is 12.8. The standard InChI is InChI=1S/C19H22ClN3O5S/c1-28-16-7-4-14(5-8-16)18(22-10-2-3-11-22)13-21-29(26,27)19-9-6-15(20)12-17(19)23(24)25/h4-9,12,18,21H,2-3,10-11,13H2,1H3/t18-/m0/s1. The van der Waals surface area contributed by atoms with Crippen molar-refractivity contribution in [2.75, 3.05) is 26.7 Å². The number of nitrogens with zero attached hydrogens (tertiary/aromatic N) is 2. The van der Waals surface area contributed by atoms with Crippen LogP contribution in [0.2, 0.25) is 5.02 Å². The van der Waals surface area contributed by atoms with Crippen molar-refractivity contribution in [3.8, 4) is 5.75 Å². The number of nitro benzene ring substituents is 1. The van der Waals surface area contributed by atoms with E-state index in [4.69, 9.17) is 16.3 Å². The third-order valence-corrected chi connectivity index (χ3v) is 6.66. The summed E-state index contributed by atoms with van der Waals surface area (Å²) >= 11 is 5.79. The Morgan fingerprint density at radius 2 is 1.86 bits per heavy atom. The molecule has 1 aliphatic rings. The lowest BCUT2D eigenvalue weighted by Gasteiger charge is -2.28. The van der Waals surface area contributed by atoms with Crippen molar-refractivity contribution in [1.29, 1.82) is 0 Å². The van der Waals surface area contributed by atoms with Crippen LogP contribution in [0, 0.1) is 10.1 Å². The largest absolute Gasteiger partial charge is 0.497 e. The van der Waals surface area contributed by atoms with Gasteiger partial charge in [0.1, 0.15) is 5.75 Å². The Balaban J connectivity index is 1.86. The first kappa shape index (κ1) is 21.5. The van der Waals surface area contributed by atoms with Crippen LogP contribution in [-0.2, 0) is 10.0 Å². The summed E-state index contributed by atoms with van der Waals surface area (Å²) < 4.78 is 33.4. The van der Waals surface area contributed by atoms with Crippen molar-refractivity contribution >= 4 is 27.3 Å². The van der Waals surface area contributed by atoms with Crippen LogP contribution < -0.4 is 9.46 Å². The van der Waals surface area contributed by atoms with Gasteiger partial charge in [0.2, 0.25) is 10.0 Å². The van der Waals surface area contributed by atoms with E-state index >= 15 is 0 Å². The minimum absolute atomic E-state index is 0.0917. The minimum Gasteiger partial charge on any atom is -0.497 e. The zero-order valence-electron chi connectivity index (χ0n) is 15.9. The van der Waals surface area contributed by atoms with Gasteiger partial charge in [0, 0.05) is 23.7 Å². The average molecular weight is 440 g/mol. The summed E-state index contributed by atoms with van der Waals surface area (Å²) in [6, 6.07) is 10.8. The Morgan fingerprint density at radius 3 is 2.45 bits per heavy atom. The number of benzene rings is 2. The summed E-state index contributed by atoms with van der Waals surface area (Å²) in [6.45, 7) is 1.81. The number of methoxy groups -OCH3 is 1. The number of hydrogen-bond donors (Lipinski definition) is 1. The van der Waals surface area contributed by atoms with Crippen molar-refractivity contribution in [2.24, 2.45) is 0 Å². The molecule has 0 amide bonds. The smallest absolute Gasteiger partial charge is 0.290 e. The van der Waals surface area contributed by atoms with Gasteiger partial charge in [0.15, 0.2) is 4.90 Å². The number of rotatable bonds is 8. The molecule has 0 aliphatic carbocycles. The molecule has 1 atom stereocenters. The molecule has 0 unspecified atom stereocenters. The maximum Gasteiger partial charge on any atom is 0.290 e. The highest BCUT2D eigenvalue weighted by Gasteiger charge is 2.29. The van der Waals surface area contributed by atoms with Gasteiger partial charge in [-0.3, -0.25) is 15.0 Å². The van der Waals surface area contributed by atoms with E-state index in [2.05, 4.69) is 9.62 Å². The molecule has 0 aromatic heterocycles. The lowest BCUT2D eigenvalue weighted by Crippen LogP contribution is -2.37. The first-order valence-corrected chi connectivity index (χ1v) is 11.0. The molecule has 1 N–H and O–H groups in total. The third kappa shape index (κ3) is 5.05. The van der Waals surface area contributed by atoms with Crippen LogP contribution in [0.1, 0.15) is 24.4 Å². The first-order chi connectivity index (χ1) is 13.8. The number of ether oxygens (including phenoxy) is 1. The second-order valence-electron chi connectivity index (χ2n) is 6.75. The van der Waals surface area contributed by atoms with Crippen LogP contribution in [0.3, 0.4) is 0 Å². The number of sulfonamides is 1. The lowest BCUT2D eigenvalue weighted by atomic mass is 10.1. The Labute approximate surface area is 174 Å². The predicted molar refractivity (Wildman–Crippen MR) is 110 cm³/mol. The molecule has 0 spiro atoms. The molecule has 2 aromatic carbocycles. The van der Waals surface area contributed by atoms with E-state index in [1.165, 1.54) is 6.07 Å². The summed E-state index contributed by atoms with van der Waals surface area (Å²) in [5.74, 6) is 0.714. The fourth-order valence-electron chi connectivity index (χ4n) is 3.46. The van der Waals surface area contributed by atoms with Gasteiger partial charge in [-0.1, -0.05) is 23.7 Å². The zero-order valence-corrected chi connectivity index (χ0v) is 17.4. The molecule has 8 nitrogen and oxygen atoms in total. The zero-order chi connectivity index (χ0) is 21.0. The topological polar surface area (TPSA) is 102 Å². The molecule has 1 aliphatic heterocycles. The normalized spacial score (nSPS) is 15.9. The monoisotopic (exact) mass is 439 g/mol. The number of nitrogens with one attached hydrogen (secondary N) is 1. The maximum absolute atomic E-state index is 12.8. The number of likely N-dealkylation sites (tertiary alicyclic amines) is 1. The van der Waals surface area contributed by atoms with Crippen molar-refractivity contribution in [1.82, 2.24) is 9.62 Å². The van der Waals surface area contributed by atoms with Gasteiger partial charge in [-0.2, -0.15) is 0 Å². The molecule has 0 bridgehead atoms. The van der Waals surface area contributed by atoms with E-state index < -0.39 is 25.5 Å². The molecule has 0 radical (unpaired) electrons. The molecule has 1 heterocycles. The Hall–Kier alpha value is -2.20. The molecule has 1 fully saturated rings. The van der Waals surface area contributed by atoms with Gasteiger partial charge in [-0.25, -0.2) is 13.1 Å². The van der Waals surface area contributed by atoms with Crippen molar-refractivity contribution in [2.45, 2.75) is 23.8 Å². The molecule has 156 valence electrons. The Kier molecular flexibility index (Phi) is 6.74. The predicted octanol–water partition coefficient (Wildman–Crippen LogP) is 3.37. The highest BCUT2D eigenvalue weighted by Crippen LogP contribution is 2.29. The van der Waals surface area contributed by atoms with Crippen LogP contribution in [0.5, 0.6) is 5.75 Å². The average Bonchev–Trinajstić information content (AvgIpc) is 3.22. The van der Waals surface area contributed by atoms with Gasteiger partial charge in [0.25, 0.3) is 5.69 Å². The van der Waals surface area contributed by atoms with Crippen LogP contribution >= 0.6 is 11.6 Å². The SMILES string of the molecule is COc1ccc([C@H](CNS(=O)(=O)c2ccc(Cl)cc2[N+](=O)[O-])N2CCCC2)cc1. The summed E-state index contributed by atoms with van der Waals surface area (Å²) in [5.41, 5.74) is 0.396. The first-order valence-electron chi connectivity index (χ1n) is 9.13. The van der Waals surface area contributed by atoms with E-state index in [-0.39, 0.29) is 17.6 Å². The molecule has 1 saturated heterocycles. The molecule has 2 aromatic rings. The second-order valence-corrected chi connectivity index (χ2v) is 8.92. The van der Waals surface area contributed by atoms with Gasteiger partial charge >= 0.3 is 0 Å². The van der Waals surface area contributed by atoms with Gasteiger partial charge in [-0.15, -0.1) is 0 Å². The van der Waals surface area contributed by atoms with Crippen LogP contribution in [0.15, 0.2) is 47.4 Å². The highest BCUT2D eigenvalue weighted by molar-refractivity contribution is 7.89. The quantitative estimate of drug-likeness (QED) is 0.499. The number of halogens is 1. The van der Waals surface area contributed by atoms with E-state index in [0.29, 0.717) is 5.75 Å². The molecule has 10 heteroatoms. The van der Waals surface area contributed by atoms with E-state index in [0.717, 1.165) is 43.6 Å². The number of hydrogen-bond acceptors (Lipinski definition) is 6. The summed E-state index contributed by atoms with van der Waals surface area (Å²) in [7, 11) is -2.52. The summed E-state index contributed by atoms with van der Waals surface area (Å²) in [6.07, 6.45) is 2.09. The third-order valence-electron chi connectivity index (χ3n) is 4.96. The second kappa shape index (κ2) is 9.08. The van der Waals surface area contributed by atoms with E-state index in [1.54, 1.807) is 7.11 Å². The van der Waals surface area contributed by atoms with E-state index in [9.17, 15) is 18.5 Å². The van der Waals surface area contributed by atoms with Crippen LogP contribution in [0.4, 0.5) is 5.69 Å². The fourth-order valence-corrected chi connectivity index (χ4v) is 4.82. The molecule has 29 heavy (non-hydrogen) atoms. The van der Waals surface area contributed by atoms with Crippen molar-refractivity contribution in [3.05, 3.63) is 63.2 Å².